The summed E-state index contributed by atoms with van der Waals surface area (Å²) in [5.74, 6) is 0.681. The molecule has 1 aliphatic rings. The number of rotatable bonds is 6. The average Bonchev–Trinajstić information content (AvgIpc) is 2.85. The third-order valence-corrected chi connectivity index (χ3v) is 6.32. The standard InChI is InChI=1S/C26H27Cl2N5O/c1-17-13-21(28)14-22(26(34)32-23-10-9-20(27)16-30-23)24(17)31-15-18-5-7-19(8-6-18)25(29)33-11-3-2-4-12-33/h5-10,13-14,16,29,31H,2-4,11-12,15H2,1H3,(H,30,32,34). The summed E-state index contributed by atoms with van der Waals surface area (Å²) < 4.78 is 0. The van der Waals surface area contributed by atoms with Gasteiger partial charge in [-0.2, -0.15) is 0 Å². The molecule has 0 aliphatic carbocycles. The Morgan fingerprint density at radius 2 is 1.76 bits per heavy atom. The van der Waals surface area contributed by atoms with Crippen LogP contribution in [-0.4, -0.2) is 34.7 Å². The molecule has 1 saturated heterocycles. The van der Waals surface area contributed by atoms with Gasteiger partial charge in [0.2, 0.25) is 0 Å². The molecule has 1 amide bonds. The van der Waals surface area contributed by atoms with Gasteiger partial charge in [-0.25, -0.2) is 4.98 Å². The molecule has 176 valence electrons. The Kier molecular flexibility index (Phi) is 7.70. The molecular weight excluding hydrogens is 469 g/mol. The molecule has 1 fully saturated rings. The minimum Gasteiger partial charge on any atom is -0.380 e. The van der Waals surface area contributed by atoms with E-state index in [0.717, 1.165) is 42.6 Å². The lowest BCUT2D eigenvalue weighted by Crippen LogP contribution is -2.35. The maximum Gasteiger partial charge on any atom is 0.258 e. The van der Waals surface area contributed by atoms with Gasteiger partial charge in [0, 0.05) is 36.4 Å². The zero-order chi connectivity index (χ0) is 24.1. The molecule has 0 bridgehead atoms. The van der Waals surface area contributed by atoms with E-state index in [1.165, 1.54) is 12.6 Å². The Hall–Kier alpha value is -3.09. The molecule has 1 aromatic heterocycles. The maximum atomic E-state index is 13.0. The van der Waals surface area contributed by atoms with Gasteiger partial charge in [-0.3, -0.25) is 10.2 Å². The van der Waals surface area contributed by atoms with E-state index < -0.39 is 0 Å². The van der Waals surface area contributed by atoms with Gasteiger partial charge in [-0.05, 0) is 61.6 Å². The largest absolute Gasteiger partial charge is 0.380 e. The Bertz CT molecular complexity index is 1170. The van der Waals surface area contributed by atoms with E-state index in [4.69, 9.17) is 28.6 Å². The number of amides is 1. The molecule has 4 rings (SSSR count). The highest BCUT2D eigenvalue weighted by Gasteiger charge is 2.17. The molecule has 0 atom stereocenters. The summed E-state index contributed by atoms with van der Waals surface area (Å²) in [5, 5.41) is 15.7. The molecule has 34 heavy (non-hydrogen) atoms. The summed E-state index contributed by atoms with van der Waals surface area (Å²) in [5.41, 5.74) is 3.98. The summed E-state index contributed by atoms with van der Waals surface area (Å²) in [6.45, 7) is 4.34. The first kappa shape index (κ1) is 24.0. The summed E-state index contributed by atoms with van der Waals surface area (Å²) in [4.78, 5) is 19.3. The first-order chi connectivity index (χ1) is 16.4. The van der Waals surface area contributed by atoms with Crippen molar-refractivity contribution in [2.45, 2.75) is 32.7 Å². The number of likely N-dealkylation sites (tertiary alicyclic amines) is 1. The van der Waals surface area contributed by atoms with Crippen LogP contribution < -0.4 is 10.6 Å². The minimum atomic E-state index is -0.312. The van der Waals surface area contributed by atoms with Crippen molar-refractivity contribution in [2.24, 2.45) is 0 Å². The number of halogens is 2. The number of nitrogens with one attached hydrogen (secondary N) is 3. The van der Waals surface area contributed by atoms with Crippen LogP contribution in [0.25, 0.3) is 0 Å². The first-order valence-corrected chi connectivity index (χ1v) is 12.1. The fourth-order valence-corrected chi connectivity index (χ4v) is 4.45. The second-order valence-electron chi connectivity index (χ2n) is 8.41. The van der Waals surface area contributed by atoms with Gasteiger partial charge in [0.1, 0.15) is 11.7 Å². The number of amidine groups is 1. The number of carbonyl (C=O) groups excluding carboxylic acids is 1. The first-order valence-electron chi connectivity index (χ1n) is 11.3. The van der Waals surface area contributed by atoms with Gasteiger partial charge in [0.15, 0.2) is 0 Å². The van der Waals surface area contributed by atoms with Crippen LogP contribution in [0, 0.1) is 12.3 Å². The smallest absolute Gasteiger partial charge is 0.258 e. The zero-order valence-electron chi connectivity index (χ0n) is 19.0. The van der Waals surface area contributed by atoms with Gasteiger partial charge in [-0.15, -0.1) is 0 Å². The third kappa shape index (κ3) is 5.88. The summed E-state index contributed by atoms with van der Waals surface area (Å²) in [6.07, 6.45) is 5.02. The Labute approximate surface area is 209 Å². The van der Waals surface area contributed by atoms with E-state index in [2.05, 4.69) is 20.5 Å². The van der Waals surface area contributed by atoms with Crippen molar-refractivity contribution in [1.82, 2.24) is 9.88 Å². The summed E-state index contributed by atoms with van der Waals surface area (Å²) >= 11 is 12.1. The van der Waals surface area contributed by atoms with Gasteiger partial charge in [0.05, 0.1) is 16.3 Å². The number of hydrogen-bond acceptors (Lipinski definition) is 4. The molecule has 2 heterocycles. The monoisotopic (exact) mass is 495 g/mol. The number of pyridine rings is 1. The number of piperidine rings is 1. The normalized spacial score (nSPS) is 13.4. The van der Waals surface area contributed by atoms with Crippen molar-refractivity contribution in [3.63, 3.8) is 0 Å². The van der Waals surface area contributed by atoms with Crippen LogP contribution in [0.2, 0.25) is 10.0 Å². The number of anilines is 2. The summed E-state index contributed by atoms with van der Waals surface area (Å²) in [7, 11) is 0. The van der Waals surface area contributed by atoms with Crippen molar-refractivity contribution in [1.29, 1.82) is 5.41 Å². The van der Waals surface area contributed by atoms with E-state index in [1.54, 1.807) is 18.2 Å². The highest BCUT2D eigenvalue weighted by atomic mass is 35.5. The van der Waals surface area contributed by atoms with Crippen LogP contribution in [-0.2, 0) is 6.54 Å². The predicted molar refractivity (Wildman–Crippen MR) is 139 cm³/mol. The van der Waals surface area contributed by atoms with E-state index in [0.29, 0.717) is 39.5 Å². The van der Waals surface area contributed by atoms with Crippen molar-refractivity contribution in [2.75, 3.05) is 23.7 Å². The number of nitrogens with zero attached hydrogens (tertiary/aromatic N) is 2. The Morgan fingerprint density at radius 3 is 2.44 bits per heavy atom. The lowest BCUT2D eigenvalue weighted by atomic mass is 10.1. The molecule has 2 aromatic carbocycles. The van der Waals surface area contributed by atoms with Gasteiger partial charge in [-0.1, -0.05) is 47.5 Å². The van der Waals surface area contributed by atoms with Crippen LogP contribution in [0.1, 0.15) is 46.3 Å². The van der Waals surface area contributed by atoms with Crippen LogP contribution in [0.3, 0.4) is 0 Å². The van der Waals surface area contributed by atoms with Crippen molar-refractivity contribution in [3.8, 4) is 0 Å². The highest BCUT2D eigenvalue weighted by Crippen LogP contribution is 2.27. The molecule has 1 aliphatic heterocycles. The Balaban J connectivity index is 1.46. The number of hydrogen-bond donors (Lipinski definition) is 3. The number of aryl methyl sites for hydroxylation is 1. The van der Waals surface area contributed by atoms with Crippen LogP contribution in [0.15, 0.2) is 54.7 Å². The van der Waals surface area contributed by atoms with Crippen LogP contribution >= 0.6 is 23.2 Å². The van der Waals surface area contributed by atoms with Crippen LogP contribution in [0.4, 0.5) is 11.5 Å². The molecular formula is C26H27Cl2N5O. The molecule has 3 N–H and O–H groups in total. The van der Waals surface area contributed by atoms with Gasteiger partial charge in [0.25, 0.3) is 5.91 Å². The quantitative estimate of drug-likeness (QED) is 0.274. The third-order valence-electron chi connectivity index (χ3n) is 5.88. The fourth-order valence-electron chi connectivity index (χ4n) is 4.06. The van der Waals surface area contributed by atoms with E-state index in [-0.39, 0.29) is 5.91 Å². The zero-order valence-corrected chi connectivity index (χ0v) is 20.5. The second kappa shape index (κ2) is 10.9. The van der Waals surface area contributed by atoms with E-state index in [1.807, 2.05) is 37.3 Å². The van der Waals surface area contributed by atoms with Crippen molar-refractivity contribution < 1.29 is 4.79 Å². The maximum absolute atomic E-state index is 13.0. The van der Waals surface area contributed by atoms with Crippen molar-refractivity contribution in [3.05, 3.63) is 87.0 Å². The minimum absolute atomic E-state index is 0.312. The second-order valence-corrected chi connectivity index (χ2v) is 9.28. The molecule has 0 spiro atoms. The highest BCUT2D eigenvalue weighted by molar-refractivity contribution is 6.31. The number of carbonyl (C=O) groups is 1. The van der Waals surface area contributed by atoms with Gasteiger partial charge >= 0.3 is 0 Å². The molecule has 0 unspecified atom stereocenters. The molecule has 0 saturated carbocycles. The van der Waals surface area contributed by atoms with Crippen LogP contribution in [0.5, 0.6) is 0 Å². The van der Waals surface area contributed by atoms with E-state index in [9.17, 15) is 4.79 Å². The SMILES string of the molecule is Cc1cc(Cl)cc(C(=O)Nc2ccc(Cl)cn2)c1NCc1ccc(C(=N)N2CCCCC2)cc1. The fraction of sp³-hybridized carbons (Fsp3) is 0.269. The predicted octanol–water partition coefficient (Wildman–Crippen LogP) is 6.37. The van der Waals surface area contributed by atoms with Gasteiger partial charge < -0.3 is 15.5 Å². The molecule has 8 heteroatoms. The number of benzene rings is 2. The topological polar surface area (TPSA) is 81.1 Å². The number of aromatic nitrogens is 1. The van der Waals surface area contributed by atoms with E-state index >= 15 is 0 Å². The average molecular weight is 496 g/mol. The lowest BCUT2D eigenvalue weighted by molar-refractivity contribution is 0.102. The lowest BCUT2D eigenvalue weighted by Gasteiger charge is -2.29. The molecule has 3 aromatic rings. The molecule has 0 radical (unpaired) electrons. The van der Waals surface area contributed by atoms with Crippen molar-refractivity contribution >= 4 is 46.4 Å². The molecule has 6 nitrogen and oxygen atoms in total. The Morgan fingerprint density at radius 1 is 1.03 bits per heavy atom. The summed E-state index contributed by atoms with van der Waals surface area (Å²) in [6, 6.07) is 14.8.